The minimum absolute atomic E-state index is 0.0451. The summed E-state index contributed by atoms with van der Waals surface area (Å²) in [7, 11) is 2.01. The number of carbonyl (C=O) groups excluding carboxylic acids is 1. The van der Waals surface area contributed by atoms with Gasteiger partial charge in [0.2, 0.25) is 5.91 Å². The number of hydrogen-bond donors (Lipinski definition) is 1. The number of nitrogens with zero attached hydrogens (tertiary/aromatic N) is 3. The lowest BCUT2D eigenvalue weighted by Gasteiger charge is -2.29. The molecule has 0 bridgehead atoms. The molecular formula is C21H32N4O2. The number of nitrogens with one attached hydrogen (secondary N) is 1. The summed E-state index contributed by atoms with van der Waals surface area (Å²) in [5.74, 6) is 0.427. The second kappa shape index (κ2) is 10.7. The first-order valence-electron chi connectivity index (χ1n) is 9.65. The van der Waals surface area contributed by atoms with Gasteiger partial charge in [-0.15, -0.1) is 6.58 Å². The molecule has 2 aliphatic rings. The molecule has 6 heteroatoms. The predicted molar refractivity (Wildman–Crippen MR) is 110 cm³/mol. The van der Waals surface area contributed by atoms with E-state index in [1.807, 2.05) is 26.4 Å². The van der Waals surface area contributed by atoms with Crippen molar-refractivity contribution in [2.75, 3.05) is 39.9 Å². The monoisotopic (exact) mass is 372 g/mol. The Morgan fingerprint density at radius 3 is 3.11 bits per heavy atom. The minimum Gasteiger partial charge on any atom is -0.382 e. The van der Waals surface area contributed by atoms with Crippen LogP contribution in [0.15, 0.2) is 53.5 Å². The Labute approximate surface area is 163 Å². The van der Waals surface area contributed by atoms with Crippen molar-refractivity contribution in [3.63, 3.8) is 0 Å². The summed E-state index contributed by atoms with van der Waals surface area (Å²) < 4.78 is 5.42. The fourth-order valence-electron chi connectivity index (χ4n) is 3.12. The smallest absolute Gasteiger partial charge is 0.235 e. The number of carbonyl (C=O) groups is 1. The molecule has 0 aromatic carbocycles. The molecule has 0 saturated carbocycles. The van der Waals surface area contributed by atoms with Gasteiger partial charge in [-0.25, -0.2) is 4.99 Å². The van der Waals surface area contributed by atoms with Gasteiger partial charge in [-0.3, -0.25) is 9.69 Å². The van der Waals surface area contributed by atoms with Crippen LogP contribution in [0.25, 0.3) is 0 Å². The summed E-state index contributed by atoms with van der Waals surface area (Å²) in [4.78, 5) is 21.6. The van der Waals surface area contributed by atoms with Gasteiger partial charge in [0.15, 0.2) is 0 Å². The Balaban J connectivity index is 2.10. The third-order valence-electron chi connectivity index (χ3n) is 4.67. The van der Waals surface area contributed by atoms with Gasteiger partial charge in [0.05, 0.1) is 18.0 Å². The van der Waals surface area contributed by atoms with Crippen molar-refractivity contribution < 1.29 is 9.53 Å². The molecule has 0 fully saturated rings. The van der Waals surface area contributed by atoms with Crippen molar-refractivity contribution in [3.05, 3.63) is 48.5 Å². The van der Waals surface area contributed by atoms with Gasteiger partial charge in [0.25, 0.3) is 0 Å². The second-order valence-electron chi connectivity index (χ2n) is 6.76. The van der Waals surface area contributed by atoms with Gasteiger partial charge in [-0.2, -0.15) is 0 Å². The zero-order valence-corrected chi connectivity index (χ0v) is 16.6. The van der Waals surface area contributed by atoms with Crippen LogP contribution in [-0.2, 0) is 9.53 Å². The Morgan fingerprint density at radius 2 is 2.37 bits per heavy atom. The molecule has 1 amide bonds. The van der Waals surface area contributed by atoms with Crippen molar-refractivity contribution in [2.24, 2.45) is 10.9 Å². The molecule has 1 atom stereocenters. The molecule has 2 rings (SSSR count). The molecule has 148 valence electrons. The predicted octanol–water partition coefficient (Wildman–Crippen LogP) is 2.68. The van der Waals surface area contributed by atoms with E-state index in [1.54, 1.807) is 11.0 Å². The van der Waals surface area contributed by atoms with Gasteiger partial charge in [-0.1, -0.05) is 18.7 Å². The minimum atomic E-state index is -0.223. The van der Waals surface area contributed by atoms with Crippen LogP contribution in [0.3, 0.4) is 0 Å². The van der Waals surface area contributed by atoms with E-state index < -0.39 is 0 Å². The number of fused-ring (bicyclic) bond motifs is 1. The molecule has 0 saturated heterocycles. The summed E-state index contributed by atoms with van der Waals surface area (Å²) in [6.45, 7) is 13.1. The maximum Gasteiger partial charge on any atom is 0.235 e. The van der Waals surface area contributed by atoms with E-state index >= 15 is 0 Å². The second-order valence-corrected chi connectivity index (χ2v) is 6.76. The molecule has 27 heavy (non-hydrogen) atoms. The molecule has 6 nitrogen and oxygen atoms in total. The van der Waals surface area contributed by atoms with Gasteiger partial charge in [0, 0.05) is 39.9 Å². The highest BCUT2D eigenvalue weighted by atomic mass is 16.5. The van der Waals surface area contributed by atoms with Crippen LogP contribution in [0, 0.1) is 5.92 Å². The van der Waals surface area contributed by atoms with E-state index in [9.17, 15) is 4.79 Å². The molecular weight excluding hydrogens is 340 g/mol. The van der Waals surface area contributed by atoms with Gasteiger partial charge >= 0.3 is 0 Å². The zero-order chi connectivity index (χ0) is 19.6. The van der Waals surface area contributed by atoms with E-state index in [-0.39, 0.29) is 11.8 Å². The van der Waals surface area contributed by atoms with Crippen molar-refractivity contribution in [2.45, 2.75) is 26.2 Å². The van der Waals surface area contributed by atoms with Crippen LogP contribution in [-0.4, -0.2) is 61.9 Å². The van der Waals surface area contributed by atoms with Gasteiger partial charge in [0.1, 0.15) is 5.82 Å². The number of aliphatic imine (C=N–C) groups is 1. The largest absolute Gasteiger partial charge is 0.382 e. The van der Waals surface area contributed by atoms with Crippen molar-refractivity contribution in [3.8, 4) is 0 Å². The van der Waals surface area contributed by atoms with Crippen molar-refractivity contribution in [1.29, 1.82) is 0 Å². The highest BCUT2D eigenvalue weighted by molar-refractivity contribution is 5.83. The first-order valence-corrected chi connectivity index (χ1v) is 9.65. The Hall–Kier alpha value is -2.34. The normalized spacial score (nSPS) is 18.7. The third-order valence-corrected chi connectivity index (χ3v) is 4.67. The van der Waals surface area contributed by atoms with E-state index in [0.29, 0.717) is 38.5 Å². The van der Waals surface area contributed by atoms with Crippen LogP contribution in [0.2, 0.25) is 0 Å². The lowest BCUT2D eigenvalue weighted by atomic mass is 9.91. The molecule has 1 N–H and O–H groups in total. The lowest BCUT2D eigenvalue weighted by Crippen LogP contribution is -2.40. The van der Waals surface area contributed by atoms with Gasteiger partial charge < -0.3 is 15.0 Å². The number of hydrogen-bond acceptors (Lipinski definition) is 5. The average Bonchev–Trinajstić information content (AvgIpc) is 2.87. The van der Waals surface area contributed by atoms with Gasteiger partial charge in [-0.05, 0) is 37.8 Å². The fourth-order valence-corrected chi connectivity index (χ4v) is 3.12. The summed E-state index contributed by atoms with van der Waals surface area (Å²) in [6.07, 6.45) is 10.2. The number of amides is 1. The van der Waals surface area contributed by atoms with Crippen LogP contribution in [0.5, 0.6) is 0 Å². The molecule has 1 aliphatic heterocycles. The standard InChI is InChI=1S/C21H32N4O2/c1-5-11-22-17(3)25(12-7-14-27-6-2)21(26)19-9-8-18-10-13-24(4)16-23-20(18)15-19/h5,8,15-16,19,22H,1,3,6-7,9-14H2,2,4H3. The highest BCUT2D eigenvalue weighted by Gasteiger charge is 2.27. The molecule has 1 heterocycles. The van der Waals surface area contributed by atoms with E-state index in [1.165, 1.54) is 5.57 Å². The van der Waals surface area contributed by atoms with E-state index in [2.05, 4.69) is 34.4 Å². The summed E-state index contributed by atoms with van der Waals surface area (Å²) >= 11 is 0. The van der Waals surface area contributed by atoms with Crippen LogP contribution in [0.1, 0.15) is 26.2 Å². The molecule has 0 aromatic heterocycles. The molecule has 1 unspecified atom stereocenters. The SMILES string of the molecule is C=CCNC(=C)N(CCCOCC)C(=O)C1C=C2N=CN(C)CCC2=CC1. The van der Waals surface area contributed by atoms with Crippen molar-refractivity contribution >= 4 is 12.2 Å². The molecule has 0 radical (unpaired) electrons. The number of allylic oxidation sites excluding steroid dienone is 2. The quantitative estimate of drug-likeness (QED) is 0.473. The first kappa shape index (κ1) is 21.0. The fraction of sp³-hybridized carbons (Fsp3) is 0.524. The third kappa shape index (κ3) is 6.10. The first-order chi connectivity index (χ1) is 13.1. The molecule has 0 spiro atoms. The van der Waals surface area contributed by atoms with Crippen molar-refractivity contribution in [1.82, 2.24) is 15.1 Å². The van der Waals surface area contributed by atoms with E-state index in [4.69, 9.17) is 4.74 Å². The maximum atomic E-state index is 13.2. The van der Waals surface area contributed by atoms with Crippen LogP contribution >= 0.6 is 0 Å². The highest BCUT2D eigenvalue weighted by Crippen LogP contribution is 2.29. The molecule has 0 aromatic rings. The maximum absolute atomic E-state index is 13.2. The summed E-state index contributed by atoms with van der Waals surface area (Å²) in [6, 6.07) is 0. The lowest BCUT2D eigenvalue weighted by molar-refractivity contribution is -0.132. The topological polar surface area (TPSA) is 57.2 Å². The van der Waals surface area contributed by atoms with Crippen LogP contribution in [0.4, 0.5) is 0 Å². The zero-order valence-electron chi connectivity index (χ0n) is 16.6. The molecule has 1 aliphatic carbocycles. The summed E-state index contributed by atoms with van der Waals surface area (Å²) in [5.41, 5.74) is 2.15. The Morgan fingerprint density at radius 1 is 1.56 bits per heavy atom. The summed E-state index contributed by atoms with van der Waals surface area (Å²) in [5, 5.41) is 3.14. The van der Waals surface area contributed by atoms with E-state index in [0.717, 1.165) is 25.1 Å². The Bertz CT molecular complexity index is 636. The van der Waals surface area contributed by atoms with Crippen LogP contribution < -0.4 is 5.32 Å². The number of rotatable bonds is 10. The number of ether oxygens (including phenoxy) is 1. The Kier molecular flexibility index (Phi) is 8.33. The average molecular weight is 373 g/mol.